The average Bonchev–Trinajstić information content (AvgIpc) is 3.15. The number of hydrogen-bond donors (Lipinski definition) is 4. The number of aliphatic hydroxyl groups is 1. The Hall–Kier alpha value is -3.13. The van der Waals surface area contributed by atoms with E-state index in [4.69, 9.17) is 9.84 Å². The summed E-state index contributed by atoms with van der Waals surface area (Å²) in [4.78, 5) is 36.2. The summed E-state index contributed by atoms with van der Waals surface area (Å²) in [5.74, 6) is -3.92. The van der Waals surface area contributed by atoms with Gasteiger partial charge in [-0.15, -0.1) is 0 Å². The highest BCUT2D eigenvalue weighted by Gasteiger charge is 2.46. The van der Waals surface area contributed by atoms with E-state index < -0.39 is 35.5 Å². The molecule has 8 heteroatoms. The number of ketones is 1. The third kappa shape index (κ3) is 7.29. The van der Waals surface area contributed by atoms with Crippen LogP contribution in [0.2, 0.25) is 0 Å². The number of carbonyl (C=O) groups excluding carboxylic acids is 1. The van der Waals surface area contributed by atoms with Crippen LogP contribution >= 0.6 is 0 Å². The molecule has 39 heavy (non-hydrogen) atoms. The molecule has 8 nitrogen and oxygen atoms in total. The first-order chi connectivity index (χ1) is 18.3. The second-order valence-corrected chi connectivity index (χ2v) is 11.5. The van der Waals surface area contributed by atoms with E-state index in [1.54, 1.807) is 0 Å². The maximum absolute atomic E-state index is 13.3. The highest BCUT2D eigenvalue weighted by atomic mass is 16.5. The van der Waals surface area contributed by atoms with Crippen molar-refractivity contribution in [3.63, 3.8) is 0 Å². The van der Waals surface area contributed by atoms with Crippen molar-refractivity contribution in [2.45, 2.75) is 104 Å². The SMILES string of the molecule is CC(C)=CCC/C(C)=C/CCC1(C)Oc2c(c(O)cc3c2CC([C@H](CCCCC(=O)O)C(=O)O)C3=O)CC1O. The van der Waals surface area contributed by atoms with Crippen molar-refractivity contribution in [3.05, 3.63) is 46.1 Å². The molecule has 1 aromatic carbocycles. The lowest BCUT2D eigenvalue weighted by molar-refractivity contribution is -0.143. The molecule has 3 rings (SSSR count). The zero-order valence-electron chi connectivity index (χ0n) is 23.5. The Kier molecular flexibility index (Phi) is 9.99. The number of phenolic OH excluding ortho intramolecular Hbond substituents is 1. The third-order valence-corrected chi connectivity index (χ3v) is 8.11. The van der Waals surface area contributed by atoms with Crippen molar-refractivity contribution in [3.8, 4) is 11.5 Å². The summed E-state index contributed by atoms with van der Waals surface area (Å²) in [6.45, 7) is 8.08. The second-order valence-electron chi connectivity index (χ2n) is 11.5. The molecule has 0 bridgehead atoms. The fourth-order valence-corrected chi connectivity index (χ4v) is 5.67. The number of carbonyl (C=O) groups is 3. The molecular weight excluding hydrogens is 500 g/mol. The zero-order valence-corrected chi connectivity index (χ0v) is 23.5. The quantitative estimate of drug-likeness (QED) is 0.186. The van der Waals surface area contributed by atoms with Crippen LogP contribution in [0, 0.1) is 11.8 Å². The van der Waals surface area contributed by atoms with Crippen LogP contribution < -0.4 is 4.74 Å². The van der Waals surface area contributed by atoms with Gasteiger partial charge in [-0.3, -0.25) is 14.4 Å². The summed E-state index contributed by atoms with van der Waals surface area (Å²) in [5, 5.41) is 40.5. The Morgan fingerprint density at radius 3 is 2.44 bits per heavy atom. The Morgan fingerprint density at radius 1 is 1.08 bits per heavy atom. The summed E-state index contributed by atoms with van der Waals surface area (Å²) in [7, 11) is 0. The molecule has 1 aromatic rings. The first-order valence-corrected chi connectivity index (χ1v) is 13.9. The number of carboxylic acid groups (broad SMARTS) is 2. The lowest BCUT2D eigenvalue weighted by Crippen LogP contribution is -2.49. The van der Waals surface area contributed by atoms with Crippen LogP contribution in [0.3, 0.4) is 0 Å². The molecule has 1 aliphatic carbocycles. The predicted octanol–water partition coefficient (Wildman–Crippen LogP) is 5.62. The van der Waals surface area contributed by atoms with E-state index >= 15 is 0 Å². The van der Waals surface area contributed by atoms with Crippen LogP contribution in [0.25, 0.3) is 0 Å². The molecule has 0 fully saturated rings. The number of phenols is 1. The molecule has 0 aromatic heterocycles. The van der Waals surface area contributed by atoms with Gasteiger partial charge in [0.05, 0.1) is 12.0 Å². The van der Waals surface area contributed by atoms with Crippen molar-refractivity contribution in [1.82, 2.24) is 0 Å². The predicted molar refractivity (Wildman–Crippen MR) is 147 cm³/mol. The molecule has 0 saturated heterocycles. The first-order valence-electron chi connectivity index (χ1n) is 13.9. The van der Waals surface area contributed by atoms with E-state index in [0.29, 0.717) is 42.6 Å². The molecule has 4 atom stereocenters. The van der Waals surface area contributed by atoms with Gasteiger partial charge in [-0.25, -0.2) is 0 Å². The van der Waals surface area contributed by atoms with Crippen LogP contribution in [0.1, 0.15) is 101 Å². The third-order valence-electron chi connectivity index (χ3n) is 8.11. The van der Waals surface area contributed by atoms with Crippen LogP contribution in [0.5, 0.6) is 11.5 Å². The van der Waals surface area contributed by atoms with E-state index in [1.165, 1.54) is 17.2 Å². The van der Waals surface area contributed by atoms with E-state index in [9.17, 15) is 29.7 Å². The number of aliphatic carboxylic acids is 2. The molecule has 2 aliphatic rings. The summed E-state index contributed by atoms with van der Waals surface area (Å²) >= 11 is 0. The van der Waals surface area contributed by atoms with Crippen LogP contribution in [-0.4, -0.2) is 49.9 Å². The van der Waals surface area contributed by atoms with Crippen molar-refractivity contribution in [2.75, 3.05) is 0 Å². The second kappa shape index (κ2) is 12.8. The highest BCUT2D eigenvalue weighted by Crippen LogP contribution is 2.48. The number of carboxylic acids is 2. The number of benzene rings is 1. The number of Topliss-reactive ketones (excluding diaryl/α,β-unsaturated/α-hetero) is 1. The molecule has 0 saturated carbocycles. The number of unbranched alkanes of at least 4 members (excludes halogenated alkanes) is 1. The molecular formula is C31H42O8. The van der Waals surface area contributed by atoms with E-state index in [1.807, 2.05) is 6.92 Å². The number of rotatable bonds is 13. The van der Waals surface area contributed by atoms with Gasteiger partial charge in [-0.1, -0.05) is 29.7 Å². The minimum atomic E-state index is -1.09. The number of hydrogen-bond acceptors (Lipinski definition) is 6. The molecule has 4 N–H and O–H groups in total. The monoisotopic (exact) mass is 542 g/mol. The summed E-state index contributed by atoms with van der Waals surface area (Å²) in [6, 6.07) is 1.37. The van der Waals surface area contributed by atoms with Gasteiger partial charge in [0.1, 0.15) is 17.1 Å². The molecule has 0 radical (unpaired) electrons. The van der Waals surface area contributed by atoms with Crippen molar-refractivity contribution < 1.29 is 39.5 Å². The van der Waals surface area contributed by atoms with Gasteiger partial charge in [0.15, 0.2) is 5.78 Å². The van der Waals surface area contributed by atoms with Crippen molar-refractivity contribution in [1.29, 1.82) is 0 Å². The van der Waals surface area contributed by atoms with Crippen molar-refractivity contribution in [2.24, 2.45) is 11.8 Å². The number of aromatic hydroxyl groups is 1. The average molecular weight is 543 g/mol. The van der Waals surface area contributed by atoms with Gasteiger partial charge in [0.25, 0.3) is 0 Å². The molecule has 0 amide bonds. The Labute approximate surface area is 230 Å². The molecule has 1 heterocycles. The Balaban J connectivity index is 1.79. The van der Waals surface area contributed by atoms with Crippen LogP contribution in [0.4, 0.5) is 0 Å². The smallest absolute Gasteiger partial charge is 0.307 e. The fourth-order valence-electron chi connectivity index (χ4n) is 5.67. The number of allylic oxidation sites excluding steroid dienone is 4. The summed E-state index contributed by atoms with van der Waals surface area (Å²) in [5.41, 5.74) is 2.90. The maximum Gasteiger partial charge on any atom is 0.307 e. The maximum atomic E-state index is 13.3. The summed E-state index contributed by atoms with van der Waals surface area (Å²) < 4.78 is 6.40. The largest absolute Gasteiger partial charge is 0.508 e. The van der Waals surface area contributed by atoms with Gasteiger partial charge in [0.2, 0.25) is 0 Å². The first kappa shape index (κ1) is 30.4. The fraction of sp³-hybridized carbons (Fsp3) is 0.581. The summed E-state index contributed by atoms with van der Waals surface area (Å²) in [6.07, 6.45) is 7.88. The number of fused-ring (bicyclic) bond motifs is 3. The minimum absolute atomic E-state index is 0.0501. The van der Waals surface area contributed by atoms with E-state index in [2.05, 4.69) is 32.9 Å². The number of aliphatic hydroxyl groups excluding tert-OH is 1. The molecule has 1 aliphatic heterocycles. The lowest BCUT2D eigenvalue weighted by Gasteiger charge is -2.41. The van der Waals surface area contributed by atoms with E-state index in [-0.39, 0.29) is 42.8 Å². The number of ether oxygens (including phenoxy) is 1. The standard InChI is InChI=1S/C31H42O8/c1-18(2)9-7-10-19(3)11-8-14-31(4)26(33)17-24-25(32)16-22-23(29(24)39-31)15-21(28(22)36)20(30(37)38)12-5-6-13-27(34)35/h9,11,16,20-21,26,32-33H,5-8,10,12-15,17H2,1-4H3,(H,34,35)(H,37,38)/b19-11+/t20-,21?,26?,31?/m0/s1. The minimum Gasteiger partial charge on any atom is -0.508 e. The van der Waals surface area contributed by atoms with Gasteiger partial charge in [-0.2, -0.15) is 0 Å². The Morgan fingerprint density at radius 2 is 1.79 bits per heavy atom. The Bertz CT molecular complexity index is 1160. The normalized spacial score (nSPS) is 23.0. The van der Waals surface area contributed by atoms with Gasteiger partial charge in [0, 0.05) is 35.4 Å². The van der Waals surface area contributed by atoms with Crippen LogP contribution in [-0.2, 0) is 22.4 Å². The lowest BCUT2D eigenvalue weighted by atomic mass is 9.83. The van der Waals surface area contributed by atoms with Gasteiger partial charge in [-0.05, 0) is 78.7 Å². The van der Waals surface area contributed by atoms with Crippen molar-refractivity contribution >= 4 is 17.7 Å². The topological polar surface area (TPSA) is 141 Å². The van der Waals surface area contributed by atoms with E-state index in [0.717, 1.165) is 12.8 Å². The molecule has 214 valence electrons. The molecule has 0 spiro atoms. The van der Waals surface area contributed by atoms with Gasteiger partial charge < -0.3 is 25.2 Å². The highest BCUT2D eigenvalue weighted by molar-refractivity contribution is 6.05. The van der Waals surface area contributed by atoms with Crippen LogP contribution in [0.15, 0.2) is 29.4 Å². The van der Waals surface area contributed by atoms with Gasteiger partial charge >= 0.3 is 11.9 Å². The zero-order chi connectivity index (χ0) is 28.9. The molecule has 3 unspecified atom stereocenters.